The number of carboxylic acid groups (broad SMARTS) is 1. The Hall–Kier alpha value is -1.62. The average Bonchev–Trinajstić information content (AvgIpc) is 2.43. The predicted molar refractivity (Wildman–Crippen MR) is 76.6 cm³/mol. The molecule has 1 fully saturated rings. The number of halogens is 2. The molecular weight excluding hydrogens is 297 g/mol. The molecule has 0 spiro atoms. The Kier molecular flexibility index (Phi) is 5.17. The maximum absolute atomic E-state index is 13.6. The Balaban J connectivity index is 2.02. The van der Waals surface area contributed by atoms with E-state index in [-0.39, 0.29) is 17.0 Å². The van der Waals surface area contributed by atoms with E-state index in [1.165, 1.54) is 18.2 Å². The van der Waals surface area contributed by atoms with Gasteiger partial charge in [0.15, 0.2) is 0 Å². The van der Waals surface area contributed by atoms with E-state index in [1.54, 1.807) is 0 Å². The summed E-state index contributed by atoms with van der Waals surface area (Å²) in [7, 11) is 0. The van der Waals surface area contributed by atoms with E-state index in [0.717, 1.165) is 12.8 Å². The molecule has 1 saturated carbocycles. The van der Waals surface area contributed by atoms with Gasteiger partial charge < -0.3 is 10.4 Å². The smallest absolute Gasteiger partial charge is 0.308 e. The van der Waals surface area contributed by atoms with Crippen LogP contribution in [0.5, 0.6) is 0 Å². The van der Waals surface area contributed by atoms with Gasteiger partial charge in [-0.25, -0.2) is 4.39 Å². The molecule has 0 bridgehead atoms. The first kappa shape index (κ1) is 15.8. The number of aliphatic carboxylic acids is 1. The molecule has 2 atom stereocenters. The summed E-state index contributed by atoms with van der Waals surface area (Å²) in [6.45, 7) is 0. The molecule has 1 aliphatic carbocycles. The first-order valence-electron chi connectivity index (χ1n) is 6.94. The summed E-state index contributed by atoms with van der Waals surface area (Å²) in [4.78, 5) is 23.2. The number of carbonyl (C=O) groups excluding carboxylic acids is 1. The monoisotopic (exact) mass is 313 g/mol. The van der Waals surface area contributed by atoms with Crippen molar-refractivity contribution in [1.29, 1.82) is 0 Å². The van der Waals surface area contributed by atoms with Crippen LogP contribution in [0.15, 0.2) is 18.2 Å². The normalized spacial score (nSPS) is 21.8. The number of carbonyl (C=O) groups is 2. The Morgan fingerprint density at radius 3 is 2.71 bits per heavy atom. The van der Waals surface area contributed by atoms with Crippen molar-refractivity contribution in [1.82, 2.24) is 5.32 Å². The molecule has 21 heavy (non-hydrogen) atoms. The molecule has 1 aliphatic rings. The van der Waals surface area contributed by atoms with E-state index < -0.39 is 29.7 Å². The average molecular weight is 314 g/mol. The summed E-state index contributed by atoms with van der Waals surface area (Å²) in [5, 5.41) is 12.1. The first-order valence-corrected chi connectivity index (χ1v) is 7.32. The van der Waals surface area contributed by atoms with Crippen LogP contribution in [0.3, 0.4) is 0 Å². The van der Waals surface area contributed by atoms with Crippen LogP contribution in [0.4, 0.5) is 4.39 Å². The lowest BCUT2D eigenvalue weighted by atomic mass is 9.84. The van der Waals surface area contributed by atoms with Gasteiger partial charge in [-0.1, -0.05) is 30.5 Å². The minimum atomic E-state index is -0.899. The van der Waals surface area contributed by atoms with E-state index >= 15 is 0 Å². The van der Waals surface area contributed by atoms with Gasteiger partial charge in [-0.05, 0) is 25.0 Å². The van der Waals surface area contributed by atoms with E-state index in [4.69, 9.17) is 16.7 Å². The van der Waals surface area contributed by atoms with Crippen LogP contribution in [-0.2, 0) is 16.0 Å². The minimum Gasteiger partial charge on any atom is -0.481 e. The van der Waals surface area contributed by atoms with Gasteiger partial charge in [-0.15, -0.1) is 0 Å². The van der Waals surface area contributed by atoms with E-state index in [1.807, 2.05) is 0 Å². The van der Waals surface area contributed by atoms with Gasteiger partial charge in [0.1, 0.15) is 5.82 Å². The Morgan fingerprint density at radius 1 is 1.33 bits per heavy atom. The van der Waals surface area contributed by atoms with Gasteiger partial charge in [0, 0.05) is 16.6 Å². The summed E-state index contributed by atoms with van der Waals surface area (Å²) in [6.07, 6.45) is 2.74. The van der Waals surface area contributed by atoms with Crippen molar-refractivity contribution in [3.05, 3.63) is 34.6 Å². The summed E-state index contributed by atoms with van der Waals surface area (Å²) >= 11 is 5.88. The molecule has 1 amide bonds. The van der Waals surface area contributed by atoms with Crippen LogP contribution in [0.25, 0.3) is 0 Å². The third-order valence-corrected chi connectivity index (χ3v) is 4.18. The maximum atomic E-state index is 13.6. The molecule has 0 aromatic heterocycles. The van der Waals surface area contributed by atoms with Crippen molar-refractivity contribution in [2.24, 2.45) is 5.92 Å². The van der Waals surface area contributed by atoms with Crippen LogP contribution in [0.1, 0.15) is 31.2 Å². The van der Waals surface area contributed by atoms with Crippen molar-refractivity contribution >= 4 is 23.5 Å². The molecule has 4 nitrogen and oxygen atoms in total. The zero-order valence-corrected chi connectivity index (χ0v) is 12.2. The molecule has 114 valence electrons. The highest BCUT2D eigenvalue weighted by Gasteiger charge is 2.31. The third kappa shape index (κ3) is 3.94. The Labute approximate surface area is 127 Å². The fourth-order valence-electron chi connectivity index (χ4n) is 2.72. The number of hydrogen-bond acceptors (Lipinski definition) is 2. The molecular formula is C15H17ClFNO3. The number of benzene rings is 1. The van der Waals surface area contributed by atoms with Crippen molar-refractivity contribution in [3.8, 4) is 0 Å². The van der Waals surface area contributed by atoms with Crippen LogP contribution >= 0.6 is 11.6 Å². The zero-order chi connectivity index (χ0) is 15.4. The summed E-state index contributed by atoms with van der Waals surface area (Å²) in [5.74, 6) is -2.40. The Bertz CT molecular complexity index is 529. The lowest BCUT2D eigenvalue weighted by molar-refractivity contribution is -0.144. The van der Waals surface area contributed by atoms with Gasteiger partial charge in [-0.3, -0.25) is 9.59 Å². The molecule has 2 unspecified atom stereocenters. The van der Waals surface area contributed by atoms with Gasteiger partial charge in [-0.2, -0.15) is 0 Å². The summed E-state index contributed by atoms with van der Waals surface area (Å²) < 4.78 is 13.6. The lowest BCUT2D eigenvalue weighted by Gasteiger charge is -2.29. The minimum absolute atomic E-state index is 0.138. The van der Waals surface area contributed by atoms with Crippen molar-refractivity contribution < 1.29 is 19.1 Å². The van der Waals surface area contributed by atoms with E-state index in [9.17, 15) is 14.0 Å². The fourth-order valence-corrected chi connectivity index (χ4v) is 2.95. The van der Waals surface area contributed by atoms with Gasteiger partial charge >= 0.3 is 5.97 Å². The van der Waals surface area contributed by atoms with Crippen LogP contribution in [0, 0.1) is 11.7 Å². The maximum Gasteiger partial charge on any atom is 0.308 e. The van der Waals surface area contributed by atoms with Gasteiger partial charge in [0.25, 0.3) is 0 Å². The number of hydrogen-bond donors (Lipinski definition) is 2. The third-order valence-electron chi connectivity index (χ3n) is 3.83. The summed E-state index contributed by atoms with van der Waals surface area (Å²) in [6, 6.07) is 3.85. The molecule has 1 aromatic carbocycles. The van der Waals surface area contributed by atoms with Crippen molar-refractivity contribution in [2.75, 3.05) is 0 Å². The van der Waals surface area contributed by atoms with Crippen LogP contribution in [-0.4, -0.2) is 23.0 Å². The molecule has 0 aliphatic heterocycles. The van der Waals surface area contributed by atoms with Crippen molar-refractivity contribution in [2.45, 2.75) is 38.1 Å². The second kappa shape index (κ2) is 6.89. The first-order chi connectivity index (χ1) is 9.99. The van der Waals surface area contributed by atoms with Crippen LogP contribution in [0.2, 0.25) is 5.02 Å². The largest absolute Gasteiger partial charge is 0.481 e. The molecule has 0 heterocycles. The summed E-state index contributed by atoms with van der Waals surface area (Å²) in [5.41, 5.74) is 0.138. The number of amides is 1. The highest BCUT2D eigenvalue weighted by molar-refractivity contribution is 6.31. The van der Waals surface area contributed by atoms with E-state index in [2.05, 4.69) is 5.32 Å². The molecule has 0 saturated heterocycles. The SMILES string of the molecule is O=C(Cc1c(F)cccc1Cl)NC1CCCCC1C(=O)O. The van der Waals surface area contributed by atoms with Crippen LogP contribution < -0.4 is 5.32 Å². The van der Waals surface area contributed by atoms with E-state index in [0.29, 0.717) is 12.8 Å². The molecule has 6 heteroatoms. The van der Waals surface area contributed by atoms with Crippen molar-refractivity contribution in [3.63, 3.8) is 0 Å². The highest BCUT2D eigenvalue weighted by atomic mass is 35.5. The number of carboxylic acids is 1. The second-order valence-corrected chi connectivity index (χ2v) is 5.69. The number of nitrogens with one attached hydrogen (secondary N) is 1. The van der Waals surface area contributed by atoms with Gasteiger partial charge in [0.2, 0.25) is 5.91 Å². The zero-order valence-electron chi connectivity index (χ0n) is 11.4. The second-order valence-electron chi connectivity index (χ2n) is 5.28. The predicted octanol–water partition coefficient (Wildman–Crippen LogP) is 2.78. The fraction of sp³-hybridized carbons (Fsp3) is 0.467. The Morgan fingerprint density at radius 2 is 2.05 bits per heavy atom. The molecule has 2 rings (SSSR count). The standard InChI is InChI=1S/C15H17ClFNO3/c16-11-5-3-6-12(17)10(11)8-14(19)18-13-7-2-1-4-9(13)15(20)21/h3,5-6,9,13H,1-2,4,7-8H2,(H,18,19)(H,20,21). The quantitative estimate of drug-likeness (QED) is 0.898. The topological polar surface area (TPSA) is 66.4 Å². The molecule has 2 N–H and O–H groups in total. The lowest BCUT2D eigenvalue weighted by Crippen LogP contribution is -2.45. The van der Waals surface area contributed by atoms with Gasteiger partial charge in [0.05, 0.1) is 12.3 Å². The number of rotatable bonds is 4. The molecule has 1 aromatic rings. The molecule has 0 radical (unpaired) electrons. The highest BCUT2D eigenvalue weighted by Crippen LogP contribution is 2.25.